The van der Waals surface area contributed by atoms with Crippen molar-refractivity contribution in [2.75, 3.05) is 6.54 Å². The largest absolute Gasteiger partial charge is 0.457 e. The van der Waals surface area contributed by atoms with Crippen LogP contribution in [0.25, 0.3) is 0 Å². The van der Waals surface area contributed by atoms with Crippen LogP contribution in [-0.2, 0) is 6.42 Å². The van der Waals surface area contributed by atoms with Gasteiger partial charge in [0.25, 0.3) is 0 Å². The van der Waals surface area contributed by atoms with Crippen LogP contribution in [0.5, 0.6) is 0 Å². The van der Waals surface area contributed by atoms with Crippen LogP contribution in [0.15, 0.2) is 39.6 Å². The van der Waals surface area contributed by atoms with Gasteiger partial charge in [-0.3, -0.25) is 0 Å². The Kier molecular flexibility index (Phi) is 5.70. The number of rotatable bonds is 6. The van der Waals surface area contributed by atoms with E-state index in [1.54, 1.807) is 6.26 Å². The third kappa shape index (κ3) is 3.87. The summed E-state index contributed by atoms with van der Waals surface area (Å²) in [5.41, 5.74) is 3.47. The maximum atomic E-state index is 6.35. The molecule has 0 amide bonds. The Balaban J connectivity index is 2.21. The minimum atomic E-state index is 0.197. The molecular weight excluding hydrogens is 338 g/mol. The van der Waals surface area contributed by atoms with Crippen LogP contribution in [0.1, 0.15) is 36.1 Å². The van der Waals surface area contributed by atoms with Gasteiger partial charge in [-0.2, -0.15) is 0 Å². The lowest BCUT2D eigenvalue weighted by molar-refractivity contribution is 0.498. The van der Waals surface area contributed by atoms with Gasteiger partial charge < -0.3 is 9.73 Å². The second kappa shape index (κ2) is 7.30. The molecule has 0 spiro atoms. The molecule has 0 saturated heterocycles. The van der Waals surface area contributed by atoms with Gasteiger partial charge in [-0.1, -0.05) is 30.7 Å². The van der Waals surface area contributed by atoms with Crippen molar-refractivity contribution in [2.45, 2.75) is 32.7 Å². The predicted octanol–water partition coefficient (Wildman–Crippen LogP) is 5.29. The predicted molar refractivity (Wildman–Crippen MR) is 87.3 cm³/mol. The maximum Gasteiger partial charge on any atom is 0.173 e. The van der Waals surface area contributed by atoms with E-state index in [4.69, 9.17) is 16.0 Å². The van der Waals surface area contributed by atoms with Crippen molar-refractivity contribution < 1.29 is 4.42 Å². The van der Waals surface area contributed by atoms with Crippen molar-refractivity contribution in [1.82, 2.24) is 5.32 Å². The Labute approximate surface area is 133 Å². The monoisotopic (exact) mass is 355 g/mol. The van der Waals surface area contributed by atoms with E-state index in [9.17, 15) is 0 Å². The average molecular weight is 357 g/mol. The summed E-state index contributed by atoms with van der Waals surface area (Å²) < 4.78 is 6.14. The molecule has 0 aliphatic rings. The van der Waals surface area contributed by atoms with Crippen molar-refractivity contribution in [3.8, 4) is 0 Å². The molecule has 0 saturated carbocycles. The number of aryl methyl sites for hydroxylation is 1. The highest BCUT2D eigenvalue weighted by Gasteiger charge is 2.17. The molecule has 1 aromatic heterocycles. The Morgan fingerprint density at radius 2 is 2.15 bits per heavy atom. The van der Waals surface area contributed by atoms with Gasteiger partial charge in [0, 0.05) is 16.6 Å². The molecule has 108 valence electrons. The first kappa shape index (κ1) is 15.6. The molecule has 4 heteroatoms. The molecule has 1 atom stereocenters. The van der Waals surface area contributed by atoms with E-state index >= 15 is 0 Å². The molecule has 20 heavy (non-hydrogen) atoms. The van der Waals surface area contributed by atoms with E-state index in [1.807, 2.05) is 12.1 Å². The fraction of sp³-hybridized carbons (Fsp3) is 0.375. The van der Waals surface area contributed by atoms with Crippen LogP contribution < -0.4 is 5.32 Å². The van der Waals surface area contributed by atoms with Gasteiger partial charge in [-0.25, -0.2) is 0 Å². The van der Waals surface area contributed by atoms with Crippen LogP contribution in [0, 0.1) is 6.92 Å². The van der Waals surface area contributed by atoms with Crippen LogP contribution in [0.2, 0.25) is 5.02 Å². The Morgan fingerprint density at radius 1 is 1.35 bits per heavy atom. The van der Waals surface area contributed by atoms with Crippen LogP contribution in [-0.4, -0.2) is 6.54 Å². The first-order valence-corrected chi connectivity index (χ1v) is 8.00. The van der Waals surface area contributed by atoms with E-state index < -0.39 is 0 Å². The lowest BCUT2D eigenvalue weighted by Gasteiger charge is -2.18. The molecule has 0 bridgehead atoms. The lowest BCUT2D eigenvalue weighted by Crippen LogP contribution is -2.24. The average Bonchev–Trinajstić information content (AvgIpc) is 2.83. The number of benzene rings is 1. The summed E-state index contributed by atoms with van der Waals surface area (Å²) in [6, 6.07) is 8.41. The molecule has 0 radical (unpaired) electrons. The van der Waals surface area contributed by atoms with E-state index in [0.717, 1.165) is 40.2 Å². The van der Waals surface area contributed by atoms with Crippen molar-refractivity contribution in [3.05, 3.63) is 56.9 Å². The van der Waals surface area contributed by atoms with Gasteiger partial charge in [-0.05, 0) is 65.5 Å². The highest BCUT2D eigenvalue weighted by atomic mass is 79.9. The molecule has 1 N–H and O–H groups in total. The third-order valence-electron chi connectivity index (χ3n) is 3.29. The minimum absolute atomic E-state index is 0.197. The van der Waals surface area contributed by atoms with E-state index in [2.05, 4.69) is 47.2 Å². The zero-order valence-corrected chi connectivity index (χ0v) is 14.1. The Morgan fingerprint density at radius 3 is 2.75 bits per heavy atom. The second-order valence-corrected chi connectivity index (χ2v) is 6.08. The molecule has 2 nitrogen and oxygen atoms in total. The fourth-order valence-corrected chi connectivity index (χ4v) is 3.03. The maximum absolute atomic E-state index is 6.35. The highest BCUT2D eigenvalue weighted by Crippen LogP contribution is 2.29. The zero-order chi connectivity index (χ0) is 14.5. The molecule has 0 aliphatic heterocycles. The molecule has 2 aromatic rings. The quantitative estimate of drug-likeness (QED) is 0.761. The highest BCUT2D eigenvalue weighted by molar-refractivity contribution is 9.10. The molecule has 0 aliphatic carbocycles. The molecule has 2 rings (SSSR count). The molecule has 1 unspecified atom stereocenters. The Bertz CT molecular complexity index is 567. The van der Waals surface area contributed by atoms with E-state index in [1.165, 1.54) is 5.56 Å². The normalized spacial score (nSPS) is 12.6. The molecule has 1 aromatic carbocycles. The number of halogens is 2. The van der Waals surface area contributed by atoms with Gasteiger partial charge in [0.1, 0.15) is 0 Å². The molecule has 0 fully saturated rings. The summed E-state index contributed by atoms with van der Waals surface area (Å²) >= 11 is 9.81. The third-order valence-corrected chi connectivity index (χ3v) is 4.29. The van der Waals surface area contributed by atoms with Gasteiger partial charge in [0.2, 0.25) is 0 Å². The summed E-state index contributed by atoms with van der Waals surface area (Å²) in [7, 11) is 0. The number of nitrogens with one attached hydrogen (secondary N) is 1. The smallest absolute Gasteiger partial charge is 0.173 e. The van der Waals surface area contributed by atoms with E-state index in [0.29, 0.717) is 0 Å². The van der Waals surface area contributed by atoms with Crippen molar-refractivity contribution in [1.29, 1.82) is 0 Å². The summed E-state index contributed by atoms with van der Waals surface area (Å²) in [5.74, 6) is 0. The first-order chi connectivity index (χ1) is 9.61. The number of hydrogen-bond acceptors (Lipinski definition) is 2. The number of furan rings is 1. The van der Waals surface area contributed by atoms with Crippen LogP contribution in [0.4, 0.5) is 0 Å². The van der Waals surface area contributed by atoms with Crippen LogP contribution >= 0.6 is 27.5 Å². The standard InChI is InChI=1S/C16H19BrClNO/c1-3-7-19-15(13-6-8-20-16(13)17)10-12-5-4-11(2)9-14(12)18/h4-6,8-9,15,19H,3,7,10H2,1-2H3. The SMILES string of the molecule is CCCNC(Cc1ccc(C)cc1Cl)c1ccoc1Br. The molecular formula is C16H19BrClNO. The topological polar surface area (TPSA) is 25.2 Å². The molecule has 1 heterocycles. The van der Waals surface area contributed by atoms with Crippen molar-refractivity contribution >= 4 is 27.5 Å². The van der Waals surface area contributed by atoms with Crippen molar-refractivity contribution in [2.24, 2.45) is 0 Å². The van der Waals surface area contributed by atoms with E-state index in [-0.39, 0.29) is 6.04 Å². The van der Waals surface area contributed by atoms with Crippen LogP contribution in [0.3, 0.4) is 0 Å². The second-order valence-electron chi connectivity index (χ2n) is 4.96. The summed E-state index contributed by atoms with van der Waals surface area (Å²) in [4.78, 5) is 0. The lowest BCUT2D eigenvalue weighted by atomic mass is 10.00. The summed E-state index contributed by atoms with van der Waals surface area (Å²) in [5, 5.41) is 4.38. The summed E-state index contributed by atoms with van der Waals surface area (Å²) in [6.45, 7) is 5.17. The zero-order valence-electron chi connectivity index (χ0n) is 11.7. The fourth-order valence-electron chi connectivity index (χ4n) is 2.20. The Hall–Kier alpha value is -0.770. The number of hydrogen-bond donors (Lipinski definition) is 1. The van der Waals surface area contributed by atoms with Crippen molar-refractivity contribution in [3.63, 3.8) is 0 Å². The van der Waals surface area contributed by atoms with Gasteiger partial charge >= 0.3 is 0 Å². The van der Waals surface area contributed by atoms with Gasteiger partial charge in [-0.15, -0.1) is 0 Å². The summed E-state index contributed by atoms with van der Waals surface area (Å²) in [6.07, 6.45) is 3.64. The van der Waals surface area contributed by atoms with Gasteiger partial charge in [0.05, 0.1) is 6.26 Å². The first-order valence-electron chi connectivity index (χ1n) is 6.83. The van der Waals surface area contributed by atoms with Gasteiger partial charge in [0.15, 0.2) is 4.67 Å². The minimum Gasteiger partial charge on any atom is -0.457 e.